The number of rotatable bonds is 3. The van der Waals surface area contributed by atoms with E-state index in [1.165, 1.54) is 4.31 Å². The Balaban J connectivity index is 1.77. The molecule has 3 rings (SSSR count). The number of halogens is 3. The van der Waals surface area contributed by atoms with Crippen LogP contribution in [0.1, 0.15) is 57.7 Å². The van der Waals surface area contributed by atoms with E-state index in [1.807, 2.05) is 0 Å². The predicted molar refractivity (Wildman–Crippen MR) is 92.6 cm³/mol. The molecule has 1 N–H and O–H groups in total. The van der Waals surface area contributed by atoms with Gasteiger partial charge in [0, 0.05) is 31.1 Å². The van der Waals surface area contributed by atoms with Crippen LogP contribution in [0.25, 0.3) is 0 Å². The van der Waals surface area contributed by atoms with Gasteiger partial charge >= 0.3 is 6.18 Å². The van der Waals surface area contributed by atoms with Crippen molar-refractivity contribution in [3.8, 4) is 0 Å². The average Bonchev–Trinajstić information content (AvgIpc) is 2.96. The van der Waals surface area contributed by atoms with E-state index < -0.39 is 27.5 Å². The van der Waals surface area contributed by atoms with Crippen LogP contribution in [0.2, 0.25) is 0 Å². The lowest BCUT2D eigenvalue weighted by atomic mass is 9.95. The van der Waals surface area contributed by atoms with Crippen molar-refractivity contribution in [1.82, 2.24) is 14.1 Å². The molecule has 0 aliphatic carbocycles. The first-order chi connectivity index (χ1) is 12.0. The Hall–Kier alpha value is -1.29. The van der Waals surface area contributed by atoms with Gasteiger partial charge in [-0.1, -0.05) is 0 Å². The fourth-order valence-corrected chi connectivity index (χ4v) is 5.00. The van der Waals surface area contributed by atoms with E-state index in [9.17, 15) is 21.6 Å². The minimum absolute atomic E-state index is 0.0299. The molecule has 0 aromatic carbocycles. The molecule has 1 saturated heterocycles. The van der Waals surface area contributed by atoms with E-state index in [4.69, 9.17) is 0 Å². The van der Waals surface area contributed by atoms with Gasteiger partial charge in [0.15, 0.2) is 6.04 Å². The zero-order valence-electron chi connectivity index (χ0n) is 15.1. The maximum atomic E-state index is 13.3. The maximum absolute atomic E-state index is 13.3. The number of hydrogen-bond donors (Lipinski definition) is 1. The molecule has 148 valence electrons. The number of sulfonamides is 1. The summed E-state index contributed by atoms with van der Waals surface area (Å²) in [5, 5.41) is 6.83. The van der Waals surface area contributed by atoms with Gasteiger partial charge in [-0.15, -0.1) is 0 Å². The van der Waals surface area contributed by atoms with Gasteiger partial charge in [-0.25, -0.2) is 17.4 Å². The molecule has 1 fully saturated rings. The predicted octanol–water partition coefficient (Wildman–Crippen LogP) is 3.11. The summed E-state index contributed by atoms with van der Waals surface area (Å²) in [6.07, 6.45) is -3.27. The fourth-order valence-electron chi connectivity index (χ4n) is 3.68. The smallest absolute Gasteiger partial charge is 0.368 e. The van der Waals surface area contributed by atoms with Crippen LogP contribution in [-0.2, 0) is 10.0 Å². The van der Waals surface area contributed by atoms with E-state index in [0.717, 1.165) is 4.68 Å². The molecule has 2 aliphatic rings. The summed E-state index contributed by atoms with van der Waals surface area (Å²) >= 11 is 0. The van der Waals surface area contributed by atoms with Gasteiger partial charge < -0.3 is 5.32 Å². The summed E-state index contributed by atoms with van der Waals surface area (Å²) in [6, 6.07) is -0.216. The molecule has 1 aromatic heterocycles. The van der Waals surface area contributed by atoms with Gasteiger partial charge in [0.1, 0.15) is 5.82 Å². The molecule has 1 aromatic rings. The van der Waals surface area contributed by atoms with E-state index in [0.29, 0.717) is 37.4 Å². The second-order valence-electron chi connectivity index (χ2n) is 7.50. The molecule has 0 bridgehead atoms. The van der Waals surface area contributed by atoms with Gasteiger partial charge in [-0.2, -0.15) is 18.3 Å². The van der Waals surface area contributed by atoms with Crippen LogP contribution in [0.15, 0.2) is 6.07 Å². The molecule has 0 radical (unpaired) electrons. The van der Waals surface area contributed by atoms with E-state index in [1.54, 1.807) is 26.8 Å². The Labute approximate surface area is 151 Å². The number of anilines is 1. The largest absolute Gasteiger partial charge is 0.410 e. The van der Waals surface area contributed by atoms with Crippen LogP contribution >= 0.6 is 0 Å². The summed E-state index contributed by atoms with van der Waals surface area (Å²) in [7, 11) is -3.30. The minimum Gasteiger partial charge on any atom is -0.368 e. The normalized spacial score (nSPS) is 26.0. The number of nitrogens with one attached hydrogen (secondary N) is 1. The van der Waals surface area contributed by atoms with Crippen molar-refractivity contribution in [2.75, 3.05) is 18.4 Å². The lowest BCUT2D eigenvalue weighted by molar-refractivity contribution is -0.173. The number of alkyl halides is 3. The van der Waals surface area contributed by atoms with Crippen molar-refractivity contribution < 1.29 is 21.6 Å². The highest BCUT2D eigenvalue weighted by molar-refractivity contribution is 7.89. The molecule has 2 atom stereocenters. The zero-order chi connectivity index (χ0) is 19.3. The van der Waals surface area contributed by atoms with E-state index in [-0.39, 0.29) is 18.4 Å². The third kappa shape index (κ3) is 3.58. The molecule has 0 spiro atoms. The van der Waals surface area contributed by atoms with Crippen molar-refractivity contribution in [2.45, 2.75) is 69.5 Å². The van der Waals surface area contributed by atoms with Crippen molar-refractivity contribution in [1.29, 1.82) is 0 Å². The third-order valence-corrected chi connectivity index (χ3v) is 7.50. The van der Waals surface area contributed by atoms with Crippen LogP contribution < -0.4 is 5.32 Å². The van der Waals surface area contributed by atoms with E-state index >= 15 is 0 Å². The monoisotopic (exact) mass is 394 g/mol. The van der Waals surface area contributed by atoms with Crippen molar-refractivity contribution in [3.63, 3.8) is 0 Å². The van der Waals surface area contributed by atoms with Crippen LogP contribution in [0.3, 0.4) is 0 Å². The Kier molecular flexibility index (Phi) is 5.02. The second kappa shape index (κ2) is 6.70. The summed E-state index contributed by atoms with van der Waals surface area (Å²) in [5.41, 5.74) is 0.609. The molecule has 0 amide bonds. The van der Waals surface area contributed by atoms with Crippen LogP contribution in [-0.4, -0.2) is 53.1 Å². The average molecular weight is 394 g/mol. The van der Waals surface area contributed by atoms with Crippen LogP contribution in [0.4, 0.5) is 19.0 Å². The topological polar surface area (TPSA) is 67.2 Å². The Morgan fingerprint density at radius 1 is 1.27 bits per heavy atom. The van der Waals surface area contributed by atoms with Gasteiger partial charge in [-0.05, 0) is 40.0 Å². The first kappa shape index (κ1) is 19.5. The number of aromatic nitrogens is 2. The highest BCUT2D eigenvalue weighted by Gasteiger charge is 2.46. The number of piperidine rings is 1. The van der Waals surface area contributed by atoms with Gasteiger partial charge in [0.2, 0.25) is 10.0 Å². The molecular formula is C16H25F3N4O2S. The van der Waals surface area contributed by atoms with Crippen LogP contribution in [0, 0.1) is 0 Å². The van der Waals surface area contributed by atoms with Crippen LogP contribution in [0.5, 0.6) is 0 Å². The minimum atomic E-state index is -4.34. The van der Waals surface area contributed by atoms with Gasteiger partial charge in [0.05, 0.1) is 10.9 Å². The lowest BCUT2D eigenvalue weighted by Gasteiger charge is -2.32. The van der Waals surface area contributed by atoms with Gasteiger partial charge in [-0.3, -0.25) is 0 Å². The SMILES string of the molecule is CC(C)S(=O)(=O)N1CCC(c2cc3n(n2)[C@@H](C(F)(F)F)C[C@@H](C)N3)CC1. The summed E-state index contributed by atoms with van der Waals surface area (Å²) in [4.78, 5) is 0. The number of nitrogens with zero attached hydrogens (tertiary/aromatic N) is 3. The quantitative estimate of drug-likeness (QED) is 0.856. The molecule has 3 heterocycles. The first-order valence-electron chi connectivity index (χ1n) is 8.91. The molecule has 6 nitrogen and oxygen atoms in total. The molecule has 0 saturated carbocycles. The molecule has 10 heteroatoms. The van der Waals surface area contributed by atoms with Crippen molar-refractivity contribution in [3.05, 3.63) is 11.8 Å². The Bertz CT molecular complexity index is 752. The zero-order valence-corrected chi connectivity index (χ0v) is 15.9. The Morgan fingerprint density at radius 3 is 2.42 bits per heavy atom. The Morgan fingerprint density at radius 2 is 1.88 bits per heavy atom. The standard InChI is InChI=1S/C16H25F3N4O2S/c1-10(2)26(24,25)22-6-4-12(5-7-22)13-9-15-20-11(3)8-14(16(17,18)19)23(15)21-13/h9-12,14,20H,4-8H2,1-3H3/t11-,14-/m1/s1. The molecule has 26 heavy (non-hydrogen) atoms. The molecular weight excluding hydrogens is 369 g/mol. The first-order valence-corrected chi connectivity index (χ1v) is 10.4. The number of fused-ring (bicyclic) bond motifs is 1. The summed E-state index contributed by atoms with van der Waals surface area (Å²) in [6.45, 7) is 5.77. The highest BCUT2D eigenvalue weighted by atomic mass is 32.2. The second-order valence-corrected chi connectivity index (χ2v) is 9.99. The number of hydrogen-bond acceptors (Lipinski definition) is 4. The lowest BCUT2D eigenvalue weighted by Crippen LogP contribution is -2.41. The fraction of sp³-hybridized carbons (Fsp3) is 0.812. The summed E-state index contributed by atoms with van der Waals surface area (Å²) in [5.74, 6) is 0.357. The van der Waals surface area contributed by atoms with Crippen molar-refractivity contribution in [2.24, 2.45) is 0 Å². The maximum Gasteiger partial charge on any atom is 0.410 e. The summed E-state index contributed by atoms with van der Waals surface area (Å²) < 4.78 is 67.0. The molecule has 0 unspecified atom stereocenters. The molecule has 2 aliphatic heterocycles. The third-order valence-electron chi connectivity index (χ3n) is 5.23. The highest BCUT2D eigenvalue weighted by Crippen LogP contribution is 2.41. The van der Waals surface area contributed by atoms with E-state index in [2.05, 4.69) is 10.4 Å². The van der Waals surface area contributed by atoms with Crippen molar-refractivity contribution >= 4 is 15.8 Å². The van der Waals surface area contributed by atoms with Gasteiger partial charge in [0.25, 0.3) is 0 Å².